The summed E-state index contributed by atoms with van der Waals surface area (Å²) >= 11 is 0. The van der Waals surface area contributed by atoms with Crippen LogP contribution < -0.4 is 5.73 Å². The second-order valence-electron chi connectivity index (χ2n) is 5.35. The van der Waals surface area contributed by atoms with Crippen molar-refractivity contribution >= 4 is 0 Å². The highest BCUT2D eigenvalue weighted by atomic mass is 16.4. The van der Waals surface area contributed by atoms with Gasteiger partial charge in [0.25, 0.3) is 0 Å². The van der Waals surface area contributed by atoms with Gasteiger partial charge in [-0.25, -0.2) is 0 Å². The lowest BCUT2D eigenvalue weighted by atomic mass is 10.0. The number of hydrogen-bond acceptors (Lipinski definition) is 6. The van der Waals surface area contributed by atoms with Gasteiger partial charge in [0, 0.05) is 26.1 Å². The number of nitrogens with two attached hydrogens (primary N) is 1. The molecule has 2 aliphatic rings. The van der Waals surface area contributed by atoms with Crippen LogP contribution in [-0.4, -0.2) is 46.2 Å². The fourth-order valence-corrected chi connectivity index (χ4v) is 2.98. The van der Waals surface area contributed by atoms with Crippen LogP contribution in [0.2, 0.25) is 0 Å². The molecule has 2 atom stereocenters. The second-order valence-corrected chi connectivity index (χ2v) is 5.35. The van der Waals surface area contributed by atoms with Crippen LogP contribution in [0.15, 0.2) is 16.8 Å². The second kappa shape index (κ2) is 4.85. The van der Waals surface area contributed by atoms with Crippen LogP contribution in [0, 0.1) is 0 Å². The van der Waals surface area contributed by atoms with Gasteiger partial charge in [-0.2, -0.15) is 0 Å². The first kappa shape index (κ1) is 12.5. The molecule has 0 saturated carbocycles. The Morgan fingerprint density at radius 1 is 1.42 bits per heavy atom. The number of piperidine rings is 1. The molecule has 0 spiro atoms. The molecule has 0 radical (unpaired) electrons. The molecular formula is C13H21N5O. The molecule has 104 valence electrons. The van der Waals surface area contributed by atoms with Crippen molar-refractivity contribution in [1.82, 2.24) is 20.0 Å². The summed E-state index contributed by atoms with van der Waals surface area (Å²) in [6, 6.07) is 0.774. The summed E-state index contributed by atoms with van der Waals surface area (Å²) in [7, 11) is 2.11. The molecule has 2 fully saturated rings. The minimum Gasteiger partial charge on any atom is -0.423 e. The average molecular weight is 263 g/mol. The van der Waals surface area contributed by atoms with Gasteiger partial charge in [0.1, 0.15) is 6.04 Å². The Hall–Kier alpha value is -1.56. The molecule has 6 nitrogen and oxygen atoms in total. The molecule has 6 heteroatoms. The van der Waals surface area contributed by atoms with Gasteiger partial charge in [0.15, 0.2) is 0 Å². The number of hydrogen-bond donors (Lipinski definition) is 1. The molecule has 0 unspecified atom stereocenters. The van der Waals surface area contributed by atoms with Crippen LogP contribution >= 0.6 is 0 Å². The van der Waals surface area contributed by atoms with E-state index in [0.29, 0.717) is 18.5 Å². The maximum Gasteiger partial charge on any atom is 0.238 e. The highest BCUT2D eigenvalue weighted by Crippen LogP contribution is 2.40. The maximum atomic E-state index is 5.78. The molecule has 0 amide bonds. The molecule has 0 aliphatic carbocycles. The molecular weight excluding hydrogens is 242 g/mol. The number of likely N-dealkylation sites (N-methyl/N-ethyl adjacent to an activating group) is 1. The molecule has 0 aromatic carbocycles. The molecule has 2 saturated heterocycles. The van der Waals surface area contributed by atoms with Gasteiger partial charge in [0.05, 0.1) is 5.82 Å². The third kappa shape index (κ3) is 2.10. The van der Waals surface area contributed by atoms with Crippen molar-refractivity contribution in [3.05, 3.63) is 24.2 Å². The molecule has 1 aromatic rings. The summed E-state index contributed by atoms with van der Waals surface area (Å²) < 4.78 is 5.78. The topological polar surface area (TPSA) is 71.4 Å². The van der Waals surface area contributed by atoms with Crippen LogP contribution in [0.3, 0.4) is 0 Å². The first-order valence-corrected chi connectivity index (χ1v) is 6.91. The Labute approximate surface area is 113 Å². The standard InChI is InChI=1S/C13H21N5O/c1-9-17(2)10-5-6-11(18(9)8-10)13-16-15-12(19-13)4-3-7-14/h10-11H,1,3-8,14H2,2H3/t10-,11+/m1/s1. The first-order valence-electron chi connectivity index (χ1n) is 6.91. The lowest BCUT2D eigenvalue weighted by molar-refractivity contribution is 0.191. The molecule has 1 aromatic heterocycles. The van der Waals surface area contributed by atoms with Gasteiger partial charge in [-0.15, -0.1) is 10.2 Å². The predicted molar refractivity (Wildman–Crippen MR) is 71.0 cm³/mol. The van der Waals surface area contributed by atoms with Crippen molar-refractivity contribution in [2.45, 2.75) is 37.8 Å². The van der Waals surface area contributed by atoms with Gasteiger partial charge in [-0.05, 0) is 25.8 Å². The van der Waals surface area contributed by atoms with E-state index in [9.17, 15) is 0 Å². The SMILES string of the molecule is C=C1N(C)[C@@H]2CC[C@@H](c3nnc(CCCN)o3)N1C2. The summed E-state index contributed by atoms with van der Waals surface area (Å²) in [5, 5.41) is 8.32. The highest BCUT2D eigenvalue weighted by Gasteiger charge is 2.41. The number of fused-ring (bicyclic) bond motifs is 2. The van der Waals surface area contributed by atoms with Crippen molar-refractivity contribution in [3.63, 3.8) is 0 Å². The first-order chi connectivity index (χ1) is 9.20. The average Bonchev–Trinajstić information content (AvgIpc) is 2.98. The quantitative estimate of drug-likeness (QED) is 0.869. The summed E-state index contributed by atoms with van der Waals surface area (Å²) in [6.07, 6.45) is 3.84. The predicted octanol–water partition coefficient (Wildman–Crippen LogP) is 0.883. The molecule has 19 heavy (non-hydrogen) atoms. The summed E-state index contributed by atoms with van der Waals surface area (Å²) in [4.78, 5) is 4.54. The lowest BCUT2D eigenvalue weighted by Crippen LogP contribution is -2.32. The molecule has 2 N–H and O–H groups in total. The van der Waals surface area contributed by atoms with Crippen LogP contribution in [0.1, 0.15) is 37.1 Å². The number of rotatable bonds is 4. The third-order valence-electron chi connectivity index (χ3n) is 4.21. The largest absolute Gasteiger partial charge is 0.423 e. The summed E-state index contributed by atoms with van der Waals surface area (Å²) in [5.41, 5.74) is 5.49. The number of aryl methyl sites for hydroxylation is 1. The van der Waals surface area contributed by atoms with Crippen LogP contribution in [-0.2, 0) is 6.42 Å². The van der Waals surface area contributed by atoms with E-state index in [1.165, 1.54) is 0 Å². The Morgan fingerprint density at radius 3 is 3.05 bits per heavy atom. The smallest absolute Gasteiger partial charge is 0.238 e. The maximum absolute atomic E-state index is 5.78. The Kier molecular flexibility index (Phi) is 3.18. The van der Waals surface area contributed by atoms with E-state index < -0.39 is 0 Å². The van der Waals surface area contributed by atoms with Gasteiger partial charge in [0.2, 0.25) is 11.8 Å². The minimum absolute atomic E-state index is 0.188. The highest BCUT2D eigenvalue weighted by molar-refractivity contribution is 5.12. The van der Waals surface area contributed by atoms with Crippen molar-refractivity contribution in [2.24, 2.45) is 5.73 Å². The van der Waals surface area contributed by atoms with Crippen LogP contribution in [0.4, 0.5) is 0 Å². The van der Waals surface area contributed by atoms with E-state index in [4.69, 9.17) is 10.2 Å². The minimum atomic E-state index is 0.188. The van der Waals surface area contributed by atoms with E-state index in [0.717, 1.165) is 43.9 Å². The van der Waals surface area contributed by atoms with Crippen molar-refractivity contribution < 1.29 is 4.42 Å². The van der Waals surface area contributed by atoms with Crippen molar-refractivity contribution in [1.29, 1.82) is 0 Å². The zero-order valence-electron chi connectivity index (χ0n) is 11.4. The fraction of sp³-hybridized carbons (Fsp3) is 0.692. The Bertz CT molecular complexity index is 471. The molecule has 2 aliphatic heterocycles. The lowest BCUT2D eigenvalue weighted by Gasteiger charge is -2.29. The normalized spacial score (nSPS) is 26.3. The third-order valence-corrected chi connectivity index (χ3v) is 4.21. The monoisotopic (exact) mass is 263 g/mol. The van der Waals surface area contributed by atoms with Crippen LogP contribution in [0.5, 0.6) is 0 Å². The van der Waals surface area contributed by atoms with E-state index in [1.54, 1.807) is 0 Å². The summed E-state index contributed by atoms with van der Waals surface area (Å²) in [6.45, 7) is 5.82. The fourth-order valence-electron chi connectivity index (χ4n) is 2.98. The zero-order valence-corrected chi connectivity index (χ0v) is 11.4. The van der Waals surface area contributed by atoms with E-state index in [2.05, 4.69) is 33.6 Å². The van der Waals surface area contributed by atoms with Gasteiger partial charge in [-0.3, -0.25) is 0 Å². The molecule has 2 bridgehead atoms. The van der Waals surface area contributed by atoms with Gasteiger partial charge < -0.3 is 20.0 Å². The number of nitrogens with zero attached hydrogens (tertiary/aromatic N) is 4. The van der Waals surface area contributed by atoms with Gasteiger partial charge >= 0.3 is 0 Å². The van der Waals surface area contributed by atoms with Crippen LogP contribution in [0.25, 0.3) is 0 Å². The Balaban J connectivity index is 1.75. The van der Waals surface area contributed by atoms with E-state index >= 15 is 0 Å². The van der Waals surface area contributed by atoms with E-state index in [-0.39, 0.29) is 6.04 Å². The Morgan fingerprint density at radius 2 is 2.26 bits per heavy atom. The zero-order chi connectivity index (χ0) is 13.4. The van der Waals surface area contributed by atoms with Crippen molar-refractivity contribution in [3.8, 4) is 0 Å². The van der Waals surface area contributed by atoms with Gasteiger partial charge in [-0.1, -0.05) is 6.58 Å². The van der Waals surface area contributed by atoms with Crippen molar-refractivity contribution in [2.75, 3.05) is 20.1 Å². The number of aromatic nitrogens is 2. The summed E-state index contributed by atoms with van der Waals surface area (Å²) in [5.74, 6) is 2.48. The molecule has 3 heterocycles. The van der Waals surface area contributed by atoms with E-state index in [1.807, 2.05) is 0 Å². The molecule has 3 rings (SSSR count).